The van der Waals surface area contributed by atoms with Crippen molar-refractivity contribution in [2.24, 2.45) is 5.92 Å². The summed E-state index contributed by atoms with van der Waals surface area (Å²) in [6.45, 7) is 0.893. The molecule has 3 nitrogen and oxygen atoms in total. The zero-order chi connectivity index (χ0) is 13.9. The molecule has 1 aromatic carbocycles. The molecule has 1 aliphatic rings. The van der Waals surface area contributed by atoms with Gasteiger partial charge in [0.1, 0.15) is 5.75 Å². The summed E-state index contributed by atoms with van der Waals surface area (Å²) in [6, 6.07) is 10.1. The lowest BCUT2D eigenvalue weighted by atomic mass is 10.1. The Morgan fingerprint density at radius 1 is 1.25 bits per heavy atom. The van der Waals surface area contributed by atoms with Crippen LogP contribution in [-0.4, -0.2) is 17.5 Å². The van der Waals surface area contributed by atoms with Crippen LogP contribution in [0.2, 0.25) is 0 Å². The number of hydrogen-bond acceptors (Lipinski definition) is 2. The third-order valence-electron chi connectivity index (χ3n) is 3.80. The summed E-state index contributed by atoms with van der Waals surface area (Å²) in [5.74, 6) is 1.49. The second-order valence-corrected chi connectivity index (χ2v) is 5.37. The number of aromatic nitrogens is 1. The molecule has 0 atom stereocenters. The smallest absolute Gasteiger partial charge is 0.167 e. The first-order chi connectivity index (χ1) is 9.76. The molecule has 3 rings (SSSR count). The van der Waals surface area contributed by atoms with Crippen molar-refractivity contribution < 1.29 is 9.53 Å². The van der Waals surface area contributed by atoms with Gasteiger partial charge in [-0.2, -0.15) is 0 Å². The molecule has 1 aromatic heterocycles. The fourth-order valence-corrected chi connectivity index (χ4v) is 2.36. The normalized spacial score (nSPS) is 14.2. The van der Waals surface area contributed by atoms with Crippen LogP contribution < -0.4 is 4.74 Å². The lowest BCUT2D eigenvalue weighted by molar-refractivity contribution is 0.0967. The molecular formula is C17H19NO2. The average Bonchev–Trinajstić information content (AvgIpc) is 3.23. The van der Waals surface area contributed by atoms with Crippen molar-refractivity contribution in [1.29, 1.82) is 0 Å². The van der Waals surface area contributed by atoms with Gasteiger partial charge >= 0.3 is 0 Å². The summed E-state index contributed by atoms with van der Waals surface area (Å²) in [5.41, 5.74) is 2.14. The summed E-state index contributed by atoms with van der Waals surface area (Å²) in [4.78, 5) is 11.9. The first-order valence-electron chi connectivity index (χ1n) is 7.09. The summed E-state index contributed by atoms with van der Waals surface area (Å²) in [5, 5.41) is 0. The number of Topliss-reactive ketones (excluding diaryl/α,β-unsaturated/α-hetero) is 1. The second kappa shape index (κ2) is 5.53. The summed E-state index contributed by atoms with van der Waals surface area (Å²) in [7, 11) is 1.67. The molecule has 0 bridgehead atoms. The van der Waals surface area contributed by atoms with Crippen molar-refractivity contribution in [2.75, 3.05) is 7.11 Å². The number of carbonyl (C=O) groups is 1. The van der Waals surface area contributed by atoms with Crippen molar-refractivity contribution in [2.45, 2.75) is 25.8 Å². The maximum Gasteiger partial charge on any atom is 0.167 e. The van der Waals surface area contributed by atoms with Crippen molar-refractivity contribution >= 4 is 5.78 Å². The van der Waals surface area contributed by atoms with Crippen LogP contribution in [0, 0.1) is 5.92 Å². The van der Waals surface area contributed by atoms with E-state index in [1.54, 1.807) is 7.11 Å². The van der Waals surface area contributed by atoms with Gasteiger partial charge in [-0.15, -0.1) is 0 Å². The van der Waals surface area contributed by atoms with Crippen molar-refractivity contribution in [3.63, 3.8) is 0 Å². The van der Waals surface area contributed by atoms with Gasteiger partial charge in [0, 0.05) is 30.4 Å². The Bertz CT molecular complexity index is 594. The summed E-state index contributed by atoms with van der Waals surface area (Å²) in [6.07, 6.45) is 7.06. The van der Waals surface area contributed by atoms with E-state index in [-0.39, 0.29) is 0 Å². The van der Waals surface area contributed by atoms with Crippen LogP contribution in [0.1, 0.15) is 28.8 Å². The van der Waals surface area contributed by atoms with Crippen LogP contribution in [0.3, 0.4) is 0 Å². The van der Waals surface area contributed by atoms with E-state index in [9.17, 15) is 4.79 Å². The molecule has 0 N–H and O–H groups in total. The molecule has 0 unspecified atom stereocenters. The molecule has 1 fully saturated rings. The SMILES string of the molecule is COc1ccc(CCn2ccc(C(=O)C3CC3)c2)cc1. The molecule has 3 heteroatoms. The minimum absolute atomic E-state index is 0.299. The van der Waals surface area contributed by atoms with E-state index in [2.05, 4.69) is 16.7 Å². The molecule has 20 heavy (non-hydrogen) atoms. The number of benzene rings is 1. The van der Waals surface area contributed by atoms with Crippen LogP contribution in [0.5, 0.6) is 5.75 Å². The van der Waals surface area contributed by atoms with Crippen molar-refractivity contribution in [3.05, 3.63) is 53.9 Å². The van der Waals surface area contributed by atoms with Gasteiger partial charge in [-0.25, -0.2) is 0 Å². The molecule has 1 aliphatic carbocycles. The number of aryl methyl sites for hydroxylation is 2. The zero-order valence-electron chi connectivity index (χ0n) is 11.7. The quantitative estimate of drug-likeness (QED) is 0.753. The first-order valence-corrected chi connectivity index (χ1v) is 7.09. The molecule has 1 heterocycles. The molecule has 0 aliphatic heterocycles. The average molecular weight is 269 g/mol. The number of hydrogen-bond donors (Lipinski definition) is 0. The van der Waals surface area contributed by atoms with E-state index in [4.69, 9.17) is 4.74 Å². The minimum atomic E-state index is 0.299. The van der Waals surface area contributed by atoms with E-state index >= 15 is 0 Å². The van der Waals surface area contributed by atoms with E-state index in [1.807, 2.05) is 30.6 Å². The molecule has 0 radical (unpaired) electrons. The van der Waals surface area contributed by atoms with Gasteiger partial charge in [-0.3, -0.25) is 4.79 Å². The number of rotatable bonds is 6. The highest BCUT2D eigenvalue weighted by Gasteiger charge is 2.30. The maximum atomic E-state index is 11.9. The van der Waals surface area contributed by atoms with E-state index in [0.29, 0.717) is 11.7 Å². The topological polar surface area (TPSA) is 31.2 Å². The fourth-order valence-electron chi connectivity index (χ4n) is 2.36. The molecule has 0 saturated heterocycles. The van der Waals surface area contributed by atoms with E-state index in [1.165, 1.54) is 5.56 Å². The van der Waals surface area contributed by atoms with Gasteiger partial charge < -0.3 is 9.30 Å². The van der Waals surface area contributed by atoms with Gasteiger partial charge in [0.2, 0.25) is 0 Å². The number of ketones is 1. The van der Waals surface area contributed by atoms with Crippen LogP contribution in [-0.2, 0) is 13.0 Å². The lowest BCUT2D eigenvalue weighted by Crippen LogP contribution is -2.01. The Morgan fingerprint density at radius 2 is 2.00 bits per heavy atom. The Balaban J connectivity index is 1.58. The van der Waals surface area contributed by atoms with Crippen LogP contribution in [0.4, 0.5) is 0 Å². The van der Waals surface area contributed by atoms with Crippen molar-refractivity contribution in [1.82, 2.24) is 4.57 Å². The number of ether oxygens (including phenoxy) is 1. The van der Waals surface area contributed by atoms with Crippen LogP contribution in [0.15, 0.2) is 42.7 Å². The monoisotopic (exact) mass is 269 g/mol. The number of methoxy groups -OCH3 is 1. The third kappa shape index (κ3) is 2.93. The largest absolute Gasteiger partial charge is 0.497 e. The molecule has 0 spiro atoms. The minimum Gasteiger partial charge on any atom is -0.497 e. The maximum absolute atomic E-state index is 11.9. The van der Waals surface area contributed by atoms with Gasteiger partial charge in [-0.1, -0.05) is 12.1 Å². The van der Waals surface area contributed by atoms with E-state index in [0.717, 1.165) is 37.1 Å². The Hall–Kier alpha value is -2.03. The highest BCUT2D eigenvalue weighted by Crippen LogP contribution is 2.32. The third-order valence-corrected chi connectivity index (χ3v) is 3.80. The van der Waals surface area contributed by atoms with Gasteiger partial charge in [0.25, 0.3) is 0 Å². The van der Waals surface area contributed by atoms with Crippen LogP contribution in [0.25, 0.3) is 0 Å². The molecule has 1 saturated carbocycles. The highest BCUT2D eigenvalue weighted by atomic mass is 16.5. The molecular weight excluding hydrogens is 250 g/mol. The lowest BCUT2D eigenvalue weighted by Gasteiger charge is -2.05. The van der Waals surface area contributed by atoms with E-state index < -0.39 is 0 Å². The highest BCUT2D eigenvalue weighted by molar-refractivity contribution is 5.99. The zero-order valence-corrected chi connectivity index (χ0v) is 11.7. The number of nitrogens with zero attached hydrogens (tertiary/aromatic N) is 1. The van der Waals surface area contributed by atoms with Gasteiger partial charge in [0.15, 0.2) is 5.78 Å². The standard InChI is InChI=1S/C17H19NO2/c1-20-16-6-2-13(3-7-16)8-10-18-11-9-15(12-18)17(19)14-4-5-14/h2-3,6-7,9,11-12,14H,4-5,8,10H2,1H3. The Morgan fingerprint density at radius 3 is 2.65 bits per heavy atom. The second-order valence-electron chi connectivity index (χ2n) is 5.37. The fraction of sp³-hybridized carbons (Fsp3) is 0.353. The predicted octanol–water partition coefficient (Wildman–Crippen LogP) is 3.33. The molecule has 104 valence electrons. The molecule has 2 aromatic rings. The molecule has 0 amide bonds. The Kier molecular flexibility index (Phi) is 3.59. The Labute approximate surface area is 119 Å². The van der Waals surface area contributed by atoms with Crippen LogP contribution >= 0.6 is 0 Å². The summed E-state index contributed by atoms with van der Waals surface area (Å²) < 4.78 is 7.24. The predicted molar refractivity (Wildman–Crippen MR) is 78.2 cm³/mol. The summed E-state index contributed by atoms with van der Waals surface area (Å²) >= 11 is 0. The van der Waals surface area contributed by atoms with Gasteiger partial charge in [0.05, 0.1) is 7.11 Å². The van der Waals surface area contributed by atoms with Crippen molar-refractivity contribution in [3.8, 4) is 5.75 Å². The van der Waals surface area contributed by atoms with Gasteiger partial charge in [-0.05, 0) is 43.0 Å². The number of carbonyl (C=O) groups excluding carboxylic acids is 1. The first kappa shape index (κ1) is 13.0.